The highest BCUT2D eigenvalue weighted by atomic mass is 127. The summed E-state index contributed by atoms with van der Waals surface area (Å²) in [6, 6.07) is 0. The summed E-state index contributed by atoms with van der Waals surface area (Å²) < 4.78 is 6.07. The molecule has 0 aromatic carbocycles. The molecule has 0 aliphatic heterocycles. The van der Waals surface area contributed by atoms with Gasteiger partial charge in [0.2, 0.25) is 0 Å². The molecule has 0 saturated carbocycles. The zero-order valence-corrected chi connectivity index (χ0v) is 11.7. The van der Waals surface area contributed by atoms with E-state index in [1.54, 1.807) is 0 Å². The normalized spacial score (nSPS) is 10.9. The molecular formula is C10H11IN2O2S. The topological polar surface area (TPSA) is 55.0 Å². The number of fused-ring (bicyclic) bond motifs is 1. The standard InChI is InChI=1S/C10H11IN2O2S/c1-2-3-4-15-10(14)6-5-16-9-7(6)8(11)12-13-9/h5H,2-4H2,1H3,(H,12,13). The van der Waals surface area contributed by atoms with Gasteiger partial charge in [-0.25, -0.2) is 4.79 Å². The summed E-state index contributed by atoms with van der Waals surface area (Å²) in [6.07, 6.45) is 1.93. The minimum absolute atomic E-state index is 0.251. The average Bonchev–Trinajstić information content (AvgIpc) is 2.82. The summed E-state index contributed by atoms with van der Waals surface area (Å²) in [5.41, 5.74) is 0.620. The smallest absolute Gasteiger partial charge is 0.339 e. The molecule has 0 atom stereocenters. The Bertz CT molecular complexity index is 506. The van der Waals surface area contributed by atoms with Crippen LogP contribution in [0.2, 0.25) is 0 Å². The Morgan fingerprint density at radius 2 is 2.50 bits per heavy atom. The van der Waals surface area contributed by atoms with Crippen LogP contribution in [0.4, 0.5) is 0 Å². The van der Waals surface area contributed by atoms with Gasteiger partial charge in [-0.15, -0.1) is 11.3 Å². The van der Waals surface area contributed by atoms with E-state index in [1.807, 2.05) is 5.38 Å². The van der Waals surface area contributed by atoms with E-state index in [4.69, 9.17) is 4.74 Å². The second-order valence-electron chi connectivity index (χ2n) is 3.36. The lowest BCUT2D eigenvalue weighted by atomic mass is 10.2. The first-order valence-corrected chi connectivity index (χ1v) is 6.98. The van der Waals surface area contributed by atoms with Crippen molar-refractivity contribution in [2.24, 2.45) is 0 Å². The zero-order valence-electron chi connectivity index (χ0n) is 8.75. The molecule has 0 radical (unpaired) electrons. The lowest BCUT2D eigenvalue weighted by Crippen LogP contribution is -2.05. The molecule has 0 spiro atoms. The van der Waals surface area contributed by atoms with Gasteiger partial charge in [-0.3, -0.25) is 5.10 Å². The third-order valence-electron chi connectivity index (χ3n) is 2.20. The van der Waals surface area contributed by atoms with E-state index < -0.39 is 0 Å². The molecule has 1 N–H and O–H groups in total. The molecule has 2 rings (SSSR count). The number of rotatable bonds is 4. The molecule has 0 aliphatic carbocycles. The Morgan fingerprint density at radius 1 is 1.69 bits per heavy atom. The summed E-state index contributed by atoms with van der Waals surface area (Å²) in [5, 5.41) is 9.64. The van der Waals surface area contributed by atoms with Crippen LogP contribution < -0.4 is 0 Å². The number of nitrogens with zero attached hydrogens (tertiary/aromatic N) is 1. The number of nitrogens with one attached hydrogen (secondary N) is 1. The molecule has 0 saturated heterocycles. The van der Waals surface area contributed by atoms with Gasteiger partial charge in [-0.1, -0.05) is 13.3 Å². The number of halogens is 1. The van der Waals surface area contributed by atoms with Gasteiger partial charge in [-0.05, 0) is 29.0 Å². The summed E-state index contributed by atoms with van der Waals surface area (Å²) in [7, 11) is 0. The fourth-order valence-electron chi connectivity index (χ4n) is 1.34. The van der Waals surface area contributed by atoms with Crippen LogP contribution in [-0.4, -0.2) is 22.8 Å². The van der Waals surface area contributed by atoms with E-state index >= 15 is 0 Å². The highest BCUT2D eigenvalue weighted by molar-refractivity contribution is 14.1. The van der Waals surface area contributed by atoms with Crippen molar-refractivity contribution in [3.63, 3.8) is 0 Å². The number of hydrogen-bond acceptors (Lipinski definition) is 4. The van der Waals surface area contributed by atoms with Crippen molar-refractivity contribution in [2.45, 2.75) is 19.8 Å². The predicted octanol–water partition coefficient (Wildman–Crippen LogP) is 3.19. The number of H-pyrrole nitrogens is 1. The monoisotopic (exact) mass is 350 g/mol. The molecule has 0 aliphatic rings. The molecule has 2 aromatic heterocycles. The highest BCUT2D eigenvalue weighted by Crippen LogP contribution is 2.28. The molecule has 0 unspecified atom stereocenters. The Morgan fingerprint density at radius 3 is 3.25 bits per heavy atom. The van der Waals surface area contributed by atoms with Gasteiger partial charge in [0.1, 0.15) is 8.53 Å². The summed E-state index contributed by atoms with van der Waals surface area (Å²) >= 11 is 3.59. The van der Waals surface area contributed by atoms with Crippen molar-refractivity contribution in [1.29, 1.82) is 0 Å². The van der Waals surface area contributed by atoms with Gasteiger partial charge >= 0.3 is 5.97 Å². The van der Waals surface area contributed by atoms with Crippen LogP contribution >= 0.6 is 33.9 Å². The number of aromatic nitrogens is 2. The van der Waals surface area contributed by atoms with Crippen molar-refractivity contribution >= 4 is 50.1 Å². The molecule has 86 valence electrons. The highest BCUT2D eigenvalue weighted by Gasteiger charge is 2.17. The Labute approximate surface area is 111 Å². The van der Waals surface area contributed by atoms with Gasteiger partial charge in [0, 0.05) is 5.38 Å². The quantitative estimate of drug-likeness (QED) is 0.524. The van der Waals surface area contributed by atoms with Crippen molar-refractivity contribution in [3.8, 4) is 0 Å². The van der Waals surface area contributed by atoms with E-state index in [1.165, 1.54) is 11.3 Å². The van der Waals surface area contributed by atoms with E-state index in [0.29, 0.717) is 12.2 Å². The van der Waals surface area contributed by atoms with Crippen LogP contribution in [0, 0.1) is 3.70 Å². The van der Waals surface area contributed by atoms with Gasteiger partial charge < -0.3 is 4.74 Å². The third-order valence-corrected chi connectivity index (χ3v) is 3.85. The van der Waals surface area contributed by atoms with Crippen molar-refractivity contribution in [2.75, 3.05) is 6.61 Å². The lowest BCUT2D eigenvalue weighted by molar-refractivity contribution is 0.0502. The fraction of sp³-hybridized carbons (Fsp3) is 0.400. The maximum absolute atomic E-state index is 11.8. The van der Waals surface area contributed by atoms with Crippen LogP contribution in [-0.2, 0) is 4.74 Å². The number of esters is 1. The van der Waals surface area contributed by atoms with E-state index in [2.05, 4.69) is 39.7 Å². The first-order chi connectivity index (χ1) is 7.74. The van der Waals surface area contributed by atoms with Crippen LogP contribution in [0.5, 0.6) is 0 Å². The van der Waals surface area contributed by atoms with Gasteiger partial charge in [0.25, 0.3) is 0 Å². The summed E-state index contributed by atoms with van der Waals surface area (Å²) in [6.45, 7) is 2.55. The summed E-state index contributed by atoms with van der Waals surface area (Å²) in [4.78, 5) is 12.6. The second kappa shape index (κ2) is 5.13. The number of unbranched alkanes of at least 4 members (excludes halogenated alkanes) is 1. The number of aromatic amines is 1. The maximum atomic E-state index is 11.8. The number of carbonyl (C=O) groups excluding carboxylic acids is 1. The minimum Gasteiger partial charge on any atom is -0.462 e. The zero-order chi connectivity index (χ0) is 11.5. The first kappa shape index (κ1) is 11.8. The maximum Gasteiger partial charge on any atom is 0.339 e. The van der Waals surface area contributed by atoms with E-state index in [-0.39, 0.29) is 5.97 Å². The predicted molar refractivity (Wildman–Crippen MR) is 71.9 cm³/mol. The minimum atomic E-state index is -0.251. The Kier molecular flexibility index (Phi) is 3.80. The van der Waals surface area contributed by atoms with E-state index in [9.17, 15) is 4.79 Å². The molecule has 0 amide bonds. The van der Waals surface area contributed by atoms with Crippen LogP contribution in [0.1, 0.15) is 30.1 Å². The van der Waals surface area contributed by atoms with Gasteiger partial charge in [0.05, 0.1) is 17.6 Å². The average molecular weight is 350 g/mol. The number of ether oxygens (including phenoxy) is 1. The number of hydrogen-bond donors (Lipinski definition) is 1. The number of carbonyl (C=O) groups is 1. The van der Waals surface area contributed by atoms with Crippen molar-refractivity contribution in [1.82, 2.24) is 10.2 Å². The van der Waals surface area contributed by atoms with Crippen molar-refractivity contribution < 1.29 is 9.53 Å². The molecule has 4 nitrogen and oxygen atoms in total. The Hall–Kier alpha value is -0.630. The van der Waals surface area contributed by atoms with Crippen LogP contribution in [0.15, 0.2) is 5.38 Å². The molecule has 0 bridgehead atoms. The molecule has 2 aromatic rings. The van der Waals surface area contributed by atoms with E-state index in [0.717, 1.165) is 26.8 Å². The lowest BCUT2D eigenvalue weighted by Gasteiger charge is -2.01. The molecule has 2 heterocycles. The molecule has 16 heavy (non-hydrogen) atoms. The molecule has 6 heteroatoms. The van der Waals surface area contributed by atoms with Crippen LogP contribution in [0.3, 0.4) is 0 Å². The largest absolute Gasteiger partial charge is 0.462 e. The SMILES string of the molecule is CCCCOC(=O)c1csc2n[nH]c(I)c12. The first-order valence-electron chi connectivity index (χ1n) is 5.02. The van der Waals surface area contributed by atoms with Gasteiger partial charge in [0.15, 0.2) is 0 Å². The molecule has 0 fully saturated rings. The van der Waals surface area contributed by atoms with Crippen LogP contribution in [0.25, 0.3) is 10.2 Å². The van der Waals surface area contributed by atoms with Gasteiger partial charge in [-0.2, -0.15) is 5.10 Å². The number of thiophene rings is 1. The molecular weight excluding hydrogens is 339 g/mol. The fourth-order valence-corrected chi connectivity index (χ4v) is 3.06. The van der Waals surface area contributed by atoms with Crippen molar-refractivity contribution in [3.05, 3.63) is 14.6 Å². The third kappa shape index (κ3) is 2.22. The summed E-state index contributed by atoms with van der Waals surface area (Å²) in [5.74, 6) is -0.251. The second-order valence-corrected chi connectivity index (χ2v) is 5.29. The Balaban J connectivity index is 2.19.